The Labute approximate surface area is 109 Å². The van der Waals surface area contributed by atoms with Crippen LogP contribution in [-0.4, -0.2) is 0 Å². The Morgan fingerprint density at radius 1 is 1.16 bits per heavy atom. The van der Waals surface area contributed by atoms with Crippen molar-refractivity contribution in [2.75, 3.05) is 5.73 Å². The predicted octanol–water partition coefficient (Wildman–Crippen LogP) is 3.73. The third-order valence-corrected chi connectivity index (χ3v) is 2.87. The van der Waals surface area contributed by atoms with Gasteiger partial charge < -0.3 is 14.9 Å². The first-order chi connectivity index (χ1) is 9.22. The number of hydrogen-bond acceptors (Lipinski definition) is 3. The van der Waals surface area contributed by atoms with E-state index in [4.69, 9.17) is 14.9 Å². The average Bonchev–Trinajstić information content (AvgIpc) is 2.79. The second kappa shape index (κ2) is 4.65. The van der Waals surface area contributed by atoms with Crippen molar-refractivity contribution in [2.24, 2.45) is 0 Å². The van der Waals surface area contributed by atoms with E-state index in [1.165, 1.54) is 12.1 Å². The predicted molar refractivity (Wildman–Crippen MR) is 71.4 cm³/mol. The monoisotopic (exact) mass is 257 g/mol. The van der Waals surface area contributed by atoms with Crippen molar-refractivity contribution in [2.45, 2.75) is 6.61 Å². The van der Waals surface area contributed by atoms with Gasteiger partial charge in [-0.05, 0) is 30.3 Å². The molecule has 1 aromatic heterocycles. The average molecular weight is 257 g/mol. The van der Waals surface area contributed by atoms with Gasteiger partial charge in [0, 0.05) is 22.7 Å². The maximum Gasteiger partial charge on any atom is 0.134 e. The van der Waals surface area contributed by atoms with E-state index in [1.54, 1.807) is 24.5 Å². The number of ether oxygens (including phenoxy) is 1. The van der Waals surface area contributed by atoms with Gasteiger partial charge in [-0.1, -0.05) is 6.07 Å². The molecule has 3 nitrogen and oxygen atoms in total. The first-order valence-electron chi connectivity index (χ1n) is 5.86. The summed E-state index contributed by atoms with van der Waals surface area (Å²) in [6.45, 7) is 0.305. The number of benzene rings is 2. The molecule has 3 rings (SSSR count). The summed E-state index contributed by atoms with van der Waals surface area (Å²) in [5, 5.41) is 0.913. The molecule has 0 unspecified atom stereocenters. The molecule has 1 heterocycles. The number of rotatable bonds is 3. The molecule has 3 aromatic rings. The molecule has 0 aliphatic heterocycles. The molecule has 0 bridgehead atoms. The number of furan rings is 1. The van der Waals surface area contributed by atoms with Crippen molar-refractivity contribution < 1.29 is 13.5 Å². The highest BCUT2D eigenvalue weighted by Crippen LogP contribution is 2.25. The second-order valence-corrected chi connectivity index (χ2v) is 4.26. The van der Waals surface area contributed by atoms with Gasteiger partial charge in [-0.3, -0.25) is 0 Å². The minimum Gasteiger partial charge on any atom is -0.489 e. The molecule has 0 fully saturated rings. The fourth-order valence-corrected chi connectivity index (χ4v) is 1.93. The summed E-state index contributed by atoms with van der Waals surface area (Å²) in [4.78, 5) is 0. The Morgan fingerprint density at radius 3 is 2.89 bits per heavy atom. The first-order valence-corrected chi connectivity index (χ1v) is 5.86. The standard InChI is InChI=1S/C15H12FNO2/c16-11-2-1-3-13(6-11)18-8-10-9-19-15-5-4-12(17)7-14(10)15/h1-7,9H,8,17H2. The van der Waals surface area contributed by atoms with Crippen LogP contribution in [0.3, 0.4) is 0 Å². The maximum atomic E-state index is 13.0. The van der Waals surface area contributed by atoms with Crippen LogP contribution < -0.4 is 10.5 Å². The third kappa shape index (κ3) is 2.38. The molecule has 0 aliphatic rings. The molecule has 0 atom stereocenters. The molecule has 0 saturated heterocycles. The van der Waals surface area contributed by atoms with Gasteiger partial charge in [-0.15, -0.1) is 0 Å². The van der Waals surface area contributed by atoms with E-state index < -0.39 is 0 Å². The highest BCUT2D eigenvalue weighted by molar-refractivity contribution is 5.84. The second-order valence-electron chi connectivity index (χ2n) is 4.26. The summed E-state index contributed by atoms with van der Waals surface area (Å²) in [5.74, 6) is 0.164. The van der Waals surface area contributed by atoms with E-state index in [1.807, 2.05) is 12.1 Å². The van der Waals surface area contributed by atoms with Gasteiger partial charge in [-0.2, -0.15) is 0 Å². The van der Waals surface area contributed by atoms with Crippen LogP contribution in [0.25, 0.3) is 11.0 Å². The quantitative estimate of drug-likeness (QED) is 0.727. The van der Waals surface area contributed by atoms with Gasteiger partial charge >= 0.3 is 0 Å². The van der Waals surface area contributed by atoms with Gasteiger partial charge in [0.05, 0.1) is 6.26 Å². The molecule has 4 heteroatoms. The summed E-state index contributed by atoms with van der Waals surface area (Å²) in [6.07, 6.45) is 1.63. The van der Waals surface area contributed by atoms with Crippen LogP contribution in [0.2, 0.25) is 0 Å². The van der Waals surface area contributed by atoms with Crippen molar-refractivity contribution in [3.63, 3.8) is 0 Å². The van der Waals surface area contributed by atoms with Crippen LogP contribution in [-0.2, 0) is 6.61 Å². The largest absolute Gasteiger partial charge is 0.489 e. The lowest BCUT2D eigenvalue weighted by Crippen LogP contribution is -1.95. The van der Waals surface area contributed by atoms with E-state index in [0.717, 1.165) is 16.5 Å². The minimum absolute atomic E-state index is 0.305. The van der Waals surface area contributed by atoms with Gasteiger partial charge in [-0.25, -0.2) is 4.39 Å². The molecule has 0 spiro atoms. The van der Waals surface area contributed by atoms with Crippen molar-refractivity contribution >= 4 is 16.7 Å². The molecule has 19 heavy (non-hydrogen) atoms. The summed E-state index contributed by atoms with van der Waals surface area (Å²) in [5.41, 5.74) is 8.05. The summed E-state index contributed by atoms with van der Waals surface area (Å²) >= 11 is 0. The number of nitrogen functional groups attached to an aromatic ring is 1. The highest BCUT2D eigenvalue weighted by atomic mass is 19.1. The Bertz CT molecular complexity index is 721. The van der Waals surface area contributed by atoms with Gasteiger partial charge in [0.25, 0.3) is 0 Å². The minimum atomic E-state index is -0.321. The van der Waals surface area contributed by atoms with E-state index in [-0.39, 0.29) is 5.82 Å². The Hall–Kier alpha value is -2.49. The zero-order valence-corrected chi connectivity index (χ0v) is 10.1. The highest BCUT2D eigenvalue weighted by Gasteiger charge is 2.07. The van der Waals surface area contributed by atoms with Gasteiger partial charge in [0.1, 0.15) is 23.8 Å². The lowest BCUT2D eigenvalue weighted by atomic mass is 10.1. The van der Waals surface area contributed by atoms with E-state index in [2.05, 4.69) is 0 Å². The van der Waals surface area contributed by atoms with Crippen LogP contribution in [0.5, 0.6) is 5.75 Å². The van der Waals surface area contributed by atoms with Gasteiger partial charge in [0.2, 0.25) is 0 Å². The summed E-state index contributed by atoms with van der Waals surface area (Å²) in [7, 11) is 0. The Balaban J connectivity index is 1.84. The van der Waals surface area contributed by atoms with Crippen LogP contribution in [0.15, 0.2) is 53.1 Å². The number of fused-ring (bicyclic) bond motifs is 1. The molecule has 0 radical (unpaired) electrons. The van der Waals surface area contributed by atoms with E-state index in [0.29, 0.717) is 18.0 Å². The summed E-state index contributed by atoms with van der Waals surface area (Å²) in [6, 6.07) is 11.5. The van der Waals surface area contributed by atoms with E-state index >= 15 is 0 Å². The topological polar surface area (TPSA) is 48.4 Å². The molecule has 2 N–H and O–H groups in total. The number of nitrogens with two attached hydrogens (primary N) is 1. The van der Waals surface area contributed by atoms with Crippen LogP contribution >= 0.6 is 0 Å². The molecule has 0 aliphatic carbocycles. The maximum absolute atomic E-state index is 13.0. The first kappa shape index (κ1) is 11.6. The molecule has 96 valence electrons. The number of halogens is 1. The SMILES string of the molecule is Nc1ccc2occ(COc3cccc(F)c3)c2c1. The van der Waals surface area contributed by atoms with Crippen LogP contribution in [0, 0.1) is 5.82 Å². The molecular weight excluding hydrogens is 245 g/mol. The van der Waals surface area contributed by atoms with Crippen molar-refractivity contribution in [1.29, 1.82) is 0 Å². The Kier molecular flexibility index (Phi) is 2.83. The molecule has 2 aromatic carbocycles. The third-order valence-electron chi connectivity index (χ3n) is 2.87. The van der Waals surface area contributed by atoms with Crippen molar-refractivity contribution in [1.82, 2.24) is 0 Å². The zero-order valence-electron chi connectivity index (χ0n) is 10.1. The fraction of sp³-hybridized carbons (Fsp3) is 0.0667. The van der Waals surface area contributed by atoms with E-state index in [9.17, 15) is 4.39 Å². The number of anilines is 1. The normalized spacial score (nSPS) is 10.8. The number of hydrogen-bond donors (Lipinski definition) is 1. The van der Waals surface area contributed by atoms with Crippen LogP contribution in [0.4, 0.5) is 10.1 Å². The smallest absolute Gasteiger partial charge is 0.134 e. The molecular formula is C15H12FNO2. The zero-order chi connectivity index (χ0) is 13.2. The fourth-order valence-electron chi connectivity index (χ4n) is 1.93. The van der Waals surface area contributed by atoms with Crippen molar-refractivity contribution in [3.8, 4) is 5.75 Å². The lowest BCUT2D eigenvalue weighted by Gasteiger charge is -2.04. The van der Waals surface area contributed by atoms with Gasteiger partial charge in [0.15, 0.2) is 0 Å². The summed E-state index contributed by atoms with van der Waals surface area (Å²) < 4.78 is 24.0. The molecule has 0 amide bonds. The Morgan fingerprint density at radius 2 is 2.05 bits per heavy atom. The lowest BCUT2D eigenvalue weighted by molar-refractivity contribution is 0.304. The molecule has 0 saturated carbocycles. The van der Waals surface area contributed by atoms with Crippen LogP contribution in [0.1, 0.15) is 5.56 Å². The van der Waals surface area contributed by atoms with Crippen molar-refractivity contribution in [3.05, 3.63) is 60.1 Å².